The Labute approximate surface area is 778 Å². The van der Waals surface area contributed by atoms with E-state index in [4.69, 9.17) is 61.1 Å². The fourth-order valence-corrected chi connectivity index (χ4v) is 17.3. The van der Waals surface area contributed by atoms with Gasteiger partial charge in [-0.1, -0.05) is 119 Å². The minimum absolute atomic E-state index is 0.0312. The number of halogens is 4. The lowest BCUT2D eigenvalue weighted by Crippen LogP contribution is -2.65. The van der Waals surface area contributed by atoms with Crippen LogP contribution in [0.3, 0.4) is 0 Å². The number of carboxylic acids is 1. The van der Waals surface area contributed by atoms with E-state index < -0.39 is 234 Å². The van der Waals surface area contributed by atoms with Crippen molar-refractivity contribution in [2.75, 3.05) is 13.2 Å². The first-order valence-electron chi connectivity index (χ1n) is 42.1. The lowest BCUT2D eigenvalue weighted by Gasteiger charge is -2.43. The van der Waals surface area contributed by atoms with Crippen LogP contribution in [-0.2, 0) is 79.7 Å². The minimum atomic E-state index is -2.28. The second-order valence-electron chi connectivity index (χ2n) is 32.1. The SMILES string of the molecule is CCCCCCCCC(=O)NC1[C@H](Oc2c3cc4cc2Oc2ccc(cc2Cl)[C@@H](O[C@@H]2OC(CO)[C@@H](O)C(O)[C@@H]2NC(C)=O)CC(=O)N[C@H](C(=O)O)c2cc(O)cc(C)c2-c2cc(ccc2I)[C@H](C(=O)NI)NC(=O)[C@@H]4NC(=O)[C@H]2NC(=O)[C@@H](Cc4ccc(c(Cl)c4)O3)NC(=O)Cc3ccc(O)c(c3)Oc3cc(O)cc2c3)OC(COC(=O)CCCCCCC)[C@@H](O)[C@@H]1O. The summed E-state index contributed by atoms with van der Waals surface area (Å²) in [6, 6.07) is 11.0. The molecule has 14 rings (SSSR count). The molecule has 7 aromatic rings. The molecule has 0 aromatic heterocycles. The first-order valence-corrected chi connectivity index (χ1v) is 45.0. The Morgan fingerprint density at radius 2 is 1.16 bits per heavy atom. The summed E-state index contributed by atoms with van der Waals surface area (Å²) < 4.78 is 54.8. The zero-order valence-corrected chi connectivity index (χ0v) is 76.1. The molecule has 7 aromatic carbocycles. The lowest BCUT2D eigenvalue weighted by molar-refractivity contribution is -0.283. The molecular weight excluding hydrogens is 1950 g/mol. The van der Waals surface area contributed by atoms with Gasteiger partial charge < -0.3 is 121 Å². The third kappa shape index (κ3) is 24.4. The topological polar surface area (TPSA) is 523 Å². The summed E-state index contributed by atoms with van der Waals surface area (Å²) in [5.41, 5.74) is -0.118. The Bertz CT molecular complexity index is 5350. The molecule has 4 unspecified atom stereocenters. The van der Waals surface area contributed by atoms with Crippen molar-refractivity contribution in [2.45, 2.75) is 228 Å². The van der Waals surface area contributed by atoms with Crippen LogP contribution in [0.25, 0.3) is 11.1 Å². The number of phenolic OH excluding ortho intramolecular Hbond substituents is 3. The predicted octanol–water partition coefficient (Wildman–Crippen LogP) is 9.61. The first-order chi connectivity index (χ1) is 61.7. The summed E-state index contributed by atoms with van der Waals surface area (Å²) in [4.78, 5) is 148. The molecule has 35 nitrogen and oxygen atoms in total. The number of phenols is 3. The lowest BCUT2D eigenvalue weighted by atomic mass is 9.89. The maximum Gasteiger partial charge on any atom is 0.330 e. The van der Waals surface area contributed by atoms with Gasteiger partial charge in [0, 0.05) is 35.8 Å². The summed E-state index contributed by atoms with van der Waals surface area (Å²) in [5.74, 6) is -14.6. The smallest absolute Gasteiger partial charge is 0.330 e. The highest BCUT2D eigenvalue weighted by Gasteiger charge is 2.50. The van der Waals surface area contributed by atoms with E-state index in [1.165, 1.54) is 115 Å². The number of benzene rings is 7. The van der Waals surface area contributed by atoms with Crippen LogP contribution in [0.4, 0.5) is 0 Å². The highest BCUT2D eigenvalue weighted by molar-refractivity contribution is 14.1. The van der Waals surface area contributed by atoms with Gasteiger partial charge in [0.05, 0.1) is 58.5 Å². The minimum Gasteiger partial charge on any atom is -0.508 e. The van der Waals surface area contributed by atoms with E-state index in [2.05, 4.69) is 47.7 Å². The molecule has 16 atom stereocenters. The van der Waals surface area contributed by atoms with Gasteiger partial charge in [-0.25, -0.2) is 4.79 Å². The van der Waals surface area contributed by atoms with Crippen molar-refractivity contribution in [2.24, 2.45) is 0 Å². The van der Waals surface area contributed by atoms with Gasteiger partial charge in [0.2, 0.25) is 53.4 Å². The van der Waals surface area contributed by atoms with Crippen LogP contribution >= 0.6 is 68.7 Å². The fraction of sp³-hybridized carbons (Fsp3) is 0.422. The van der Waals surface area contributed by atoms with Crippen molar-refractivity contribution in [1.82, 2.24) is 40.7 Å². The number of aliphatic carboxylic acids is 1. The van der Waals surface area contributed by atoms with Gasteiger partial charge in [-0.3, -0.25) is 46.7 Å². The molecule has 0 aliphatic carbocycles. The number of nitrogens with one attached hydrogen (secondary N) is 8. The Kier molecular flexibility index (Phi) is 33.6. The van der Waals surface area contributed by atoms with Crippen LogP contribution in [0.2, 0.25) is 10.0 Å². The molecule has 2 fully saturated rings. The number of carbonyl (C=O) groups excluding carboxylic acids is 9. The van der Waals surface area contributed by atoms with E-state index in [1.807, 2.05) is 29.5 Å². The van der Waals surface area contributed by atoms with E-state index in [1.54, 1.807) is 0 Å². The number of esters is 1. The summed E-state index contributed by atoms with van der Waals surface area (Å²) in [7, 11) is 0. The van der Waals surface area contributed by atoms with Crippen molar-refractivity contribution in [3.05, 3.63) is 173 Å². The molecule has 7 aliphatic rings. The normalized spacial score (nSPS) is 24.1. The third-order valence-electron chi connectivity index (χ3n) is 22.5. The van der Waals surface area contributed by atoms with E-state index in [9.17, 15) is 69.9 Å². The molecule has 8 amide bonds. The van der Waals surface area contributed by atoms with Gasteiger partial charge in [0.1, 0.15) is 108 Å². The molecule has 2 saturated heterocycles. The monoisotopic (exact) mass is 2050 g/mol. The summed E-state index contributed by atoms with van der Waals surface area (Å²) in [6.45, 7) is 5.06. The number of aliphatic hydroxyl groups excluding tert-OH is 5. The maximum absolute atomic E-state index is 16.6. The number of amides is 8. The van der Waals surface area contributed by atoms with E-state index in [-0.39, 0.29) is 86.0 Å². The quantitative estimate of drug-likeness (QED) is 0.0116. The molecule has 0 radical (unpaired) electrons. The Balaban J connectivity index is 1.12. The van der Waals surface area contributed by atoms with Gasteiger partial charge >= 0.3 is 11.9 Å². The van der Waals surface area contributed by atoms with Crippen LogP contribution in [0.15, 0.2) is 115 Å². The molecule has 15 bridgehead atoms. The number of aryl methyl sites for hydroxylation is 1. The van der Waals surface area contributed by atoms with E-state index in [0.29, 0.717) is 34.8 Å². The van der Waals surface area contributed by atoms with Gasteiger partial charge in [0.25, 0.3) is 5.91 Å². The van der Waals surface area contributed by atoms with E-state index >= 15 is 24.0 Å². The molecule has 17 N–H and O–H groups in total. The number of rotatable bonds is 24. The molecule has 690 valence electrons. The number of carbonyl (C=O) groups is 10. The van der Waals surface area contributed by atoms with Crippen LogP contribution in [0.5, 0.6) is 57.5 Å². The molecule has 39 heteroatoms. The number of aliphatic hydroxyl groups is 5. The zero-order valence-electron chi connectivity index (χ0n) is 70.3. The van der Waals surface area contributed by atoms with Crippen LogP contribution in [0, 0.1) is 10.5 Å². The zero-order chi connectivity index (χ0) is 92.8. The van der Waals surface area contributed by atoms with Crippen molar-refractivity contribution < 1.29 is 132 Å². The average molecular weight is 2050 g/mol. The van der Waals surface area contributed by atoms with Crippen LogP contribution < -0.4 is 59.7 Å². The van der Waals surface area contributed by atoms with Crippen molar-refractivity contribution in [3.8, 4) is 68.6 Å². The Morgan fingerprint density at radius 1 is 0.558 bits per heavy atom. The highest BCUT2D eigenvalue weighted by atomic mass is 127. The largest absolute Gasteiger partial charge is 0.508 e. The number of aromatic hydroxyl groups is 3. The first kappa shape index (κ1) is 97.6. The summed E-state index contributed by atoms with van der Waals surface area (Å²) in [6.07, 6.45) is -9.98. The summed E-state index contributed by atoms with van der Waals surface area (Å²) >= 11 is 18.3. The third-order valence-corrected chi connectivity index (χ3v) is 24.5. The number of hydrogen-bond acceptors (Lipinski definition) is 26. The van der Waals surface area contributed by atoms with Crippen molar-refractivity contribution >= 4 is 128 Å². The molecule has 7 aliphatic heterocycles. The number of hydrogen-bond donors (Lipinski definition) is 17. The predicted molar refractivity (Wildman–Crippen MR) is 479 cm³/mol. The molecule has 7 heterocycles. The fourth-order valence-electron chi connectivity index (χ4n) is 15.9. The van der Waals surface area contributed by atoms with Gasteiger partial charge in [0.15, 0.2) is 35.3 Å². The van der Waals surface area contributed by atoms with E-state index in [0.717, 1.165) is 82.2 Å². The summed E-state index contributed by atoms with van der Waals surface area (Å²) in [5, 5.41) is 122. The van der Waals surface area contributed by atoms with Crippen LogP contribution in [-0.4, -0.2) is 186 Å². The van der Waals surface area contributed by atoms with Gasteiger partial charge in [-0.15, -0.1) is 0 Å². The molecule has 0 saturated carbocycles. The molecule has 0 spiro atoms. The van der Waals surface area contributed by atoms with Crippen LogP contribution in [0.1, 0.15) is 185 Å². The molecular formula is C90H100Cl2I2N8O27. The Morgan fingerprint density at radius 3 is 1.82 bits per heavy atom. The molecule has 129 heavy (non-hydrogen) atoms. The number of ether oxygens (including phenoxy) is 8. The average Bonchev–Trinajstić information content (AvgIpc) is 0.767. The maximum atomic E-state index is 16.6. The van der Waals surface area contributed by atoms with Crippen molar-refractivity contribution in [1.29, 1.82) is 0 Å². The highest BCUT2D eigenvalue weighted by Crippen LogP contribution is 2.50. The standard InChI is InChI=1S/C90H100Cl2I2N8O27/c1-5-7-9-11-13-14-16-68(108)97-78-82(115)80(113)67(41-122-71(111)17-15-12-10-8-6-2)128-90(78)129-83-64-35-49-36-65(83)125-61-25-21-46(34-56(61)92)62(126-89-77(95-43(4)104)81(114)79(112)66(40-103)127-89)39-70(110)98-76(88(120)121)54-38-50(105)26-42(3)72(54)53-33-47(20-22-57(53)93)73(87(119)102-94)100-86(118)75(49)101-85(117)74-48-31-51(106)37-52(32-48)123-63-29-45(18-23-59(63)107)30-69(109)96-58(84(116)99-74)28-44-19-24-60(124-64)55(91)27-44/h18-27,29,31-38,58,62,66-67,73-82,89-90,103,105-107,112-115H,5-17,28,30,39-41H2,1-4H3,(H,95,104)(H,96,109)(H,97,108)(H,98,110)(H,99,116)(H,100,118)(H,101,117)(H,102,119)(H,120,121)/t58-,62+,66?,67?,73-,74+,75-,76+,77+,78?,79-,80-,81?,82-,89-,90+/m1/s1. The van der Waals surface area contributed by atoms with Gasteiger partial charge in [-0.05, 0) is 183 Å². The second kappa shape index (κ2) is 44.4. The second-order valence-corrected chi connectivity index (χ2v) is 34.6. The van der Waals surface area contributed by atoms with Crippen molar-refractivity contribution in [3.63, 3.8) is 0 Å². The Hall–Kier alpha value is -10.4. The number of carboxylic acid groups (broad SMARTS) is 1. The van der Waals surface area contributed by atoms with Gasteiger partial charge in [-0.2, -0.15) is 0 Å². The number of unbranched alkanes of at least 4 members (excludes halogenated alkanes) is 9. The number of fused-ring (bicyclic) bond motifs is 15.